The lowest BCUT2D eigenvalue weighted by atomic mass is 10.2. The van der Waals surface area contributed by atoms with E-state index in [4.69, 9.17) is 0 Å². The molecule has 1 N–H and O–H groups in total. The third-order valence-electron chi connectivity index (χ3n) is 4.54. The van der Waals surface area contributed by atoms with E-state index in [2.05, 4.69) is 20.4 Å². The van der Waals surface area contributed by atoms with Crippen LogP contribution in [0.2, 0.25) is 0 Å². The van der Waals surface area contributed by atoms with Crippen molar-refractivity contribution in [2.45, 2.75) is 38.8 Å². The standard InChI is InChI=1S/C16H21N7O/c1-21-13-11-17-8-6-12(13)19-15(21)18-7-4-10-23-16(24)22-9-3-2-5-14(22)20-23/h6,8,11H,2-5,7,9-10H2,1H3,(H,18,19). The summed E-state index contributed by atoms with van der Waals surface area (Å²) < 4.78 is 5.40. The largest absolute Gasteiger partial charge is 0.356 e. The zero-order chi connectivity index (χ0) is 16.5. The van der Waals surface area contributed by atoms with Crippen LogP contribution in [0.15, 0.2) is 23.3 Å². The number of hydrogen-bond donors (Lipinski definition) is 1. The Hall–Kier alpha value is -2.64. The summed E-state index contributed by atoms with van der Waals surface area (Å²) in [5.41, 5.74) is 1.95. The molecule has 1 aliphatic rings. The van der Waals surface area contributed by atoms with Crippen LogP contribution in [-0.4, -0.2) is 35.4 Å². The maximum Gasteiger partial charge on any atom is 0.345 e. The molecule has 1 aliphatic heterocycles. The first kappa shape index (κ1) is 14.9. The van der Waals surface area contributed by atoms with Crippen molar-refractivity contribution in [3.8, 4) is 0 Å². The van der Waals surface area contributed by atoms with E-state index >= 15 is 0 Å². The number of anilines is 1. The fourth-order valence-electron chi connectivity index (χ4n) is 3.22. The van der Waals surface area contributed by atoms with E-state index in [1.807, 2.05) is 28.4 Å². The zero-order valence-corrected chi connectivity index (χ0v) is 13.8. The van der Waals surface area contributed by atoms with Gasteiger partial charge in [0.2, 0.25) is 5.95 Å². The average Bonchev–Trinajstić information content (AvgIpc) is 3.10. The highest BCUT2D eigenvalue weighted by molar-refractivity contribution is 5.77. The second kappa shape index (κ2) is 6.10. The summed E-state index contributed by atoms with van der Waals surface area (Å²) in [5.74, 6) is 1.75. The first-order valence-electron chi connectivity index (χ1n) is 8.41. The number of imidazole rings is 1. The molecule has 0 spiro atoms. The van der Waals surface area contributed by atoms with Gasteiger partial charge < -0.3 is 9.88 Å². The average molecular weight is 327 g/mol. The van der Waals surface area contributed by atoms with E-state index in [-0.39, 0.29) is 5.69 Å². The minimum Gasteiger partial charge on any atom is -0.356 e. The van der Waals surface area contributed by atoms with E-state index in [9.17, 15) is 4.79 Å². The molecule has 0 fully saturated rings. The number of aromatic nitrogens is 6. The molecule has 0 aromatic carbocycles. The summed E-state index contributed by atoms with van der Waals surface area (Å²) in [7, 11) is 1.97. The predicted molar refractivity (Wildman–Crippen MR) is 91.0 cm³/mol. The molecular weight excluding hydrogens is 306 g/mol. The molecule has 3 aromatic rings. The molecule has 0 saturated heterocycles. The van der Waals surface area contributed by atoms with Crippen molar-refractivity contribution in [3.05, 3.63) is 34.8 Å². The molecule has 0 aliphatic carbocycles. The maximum atomic E-state index is 12.3. The molecule has 0 unspecified atom stereocenters. The Morgan fingerprint density at radius 3 is 3.08 bits per heavy atom. The molecule has 8 nitrogen and oxygen atoms in total. The Kier molecular flexibility index (Phi) is 3.79. The molecule has 0 atom stereocenters. The second-order valence-electron chi connectivity index (χ2n) is 6.17. The number of rotatable bonds is 5. The molecule has 4 rings (SSSR count). The minimum absolute atomic E-state index is 0.0264. The zero-order valence-electron chi connectivity index (χ0n) is 13.8. The lowest BCUT2D eigenvalue weighted by Gasteiger charge is -2.09. The molecular formula is C16H21N7O. The third-order valence-corrected chi connectivity index (χ3v) is 4.54. The van der Waals surface area contributed by atoms with Crippen LogP contribution in [0.5, 0.6) is 0 Å². The molecule has 8 heteroatoms. The molecule has 4 heterocycles. The molecule has 24 heavy (non-hydrogen) atoms. The predicted octanol–water partition coefficient (Wildman–Crippen LogP) is 1.16. The van der Waals surface area contributed by atoms with Gasteiger partial charge in [-0.15, -0.1) is 0 Å². The molecule has 3 aromatic heterocycles. The first-order chi connectivity index (χ1) is 11.7. The van der Waals surface area contributed by atoms with Crippen LogP contribution in [0.4, 0.5) is 5.95 Å². The van der Waals surface area contributed by atoms with Gasteiger partial charge in [0.15, 0.2) is 0 Å². The van der Waals surface area contributed by atoms with Crippen LogP contribution in [0.3, 0.4) is 0 Å². The van der Waals surface area contributed by atoms with Crippen LogP contribution >= 0.6 is 0 Å². The summed E-state index contributed by atoms with van der Waals surface area (Å²) in [5, 5.41) is 7.79. The van der Waals surface area contributed by atoms with Gasteiger partial charge in [0.1, 0.15) is 5.82 Å². The monoisotopic (exact) mass is 327 g/mol. The highest BCUT2D eigenvalue weighted by atomic mass is 16.2. The summed E-state index contributed by atoms with van der Waals surface area (Å²) in [6.07, 6.45) is 7.47. The van der Waals surface area contributed by atoms with Crippen molar-refractivity contribution < 1.29 is 0 Å². The quantitative estimate of drug-likeness (QED) is 0.711. The Morgan fingerprint density at radius 2 is 2.25 bits per heavy atom. The van der Waals surface area contributed by atoms with Gasteiger partial charge in [0.25, 0.3) is 0 Å². The van der Waals surface area contributed by atoms with Gasteiger partial charge in [-0.05, 0) is 25.3 Å². The number of nitrogens with one attached hydrogen (secondary N) is 1. The van der Waals surface area contributed by atoms with Gasteiger partial charge in [0, 0.05) is 39.3 Å². The minimum atomic E-state index is 0.0264. The summed E-state index contributed by atoms with van der Waals surface area (Å²) in [6.45, 7) is 2.16. The number of aryl methyl sites for hydroxylation is 3. The molecule has 0 radical (unpaired) electrons. The second-order valence-corrected chi connectivity index (χ2v) is 6.17. The fraction of sp³-hybridized carbons (Fsp3) is 0.500. The SMILES string of the molecule is Cn1c(NCCCn2nc3n(c2=O)CCCC3)nc2ccncc21. The van der Waals surface area contributed by atoms with Crippen molar-refractivity contribution in [2.24, 2.45) is 7.05 Å². The molecule has 0 amide bonds. The number of nitrogens with zero attached hydrogens (tertiary/aromatic N) is 6. The van der Waals surface area contributed by atoms with Crippen molar-refractivity contribution >= 4 is 17.0 Å². The Morgan fingerprint density at radius 1 is 1.33 bits per heavy atom. The van der Waals surface area contributed by atoms with Gasteiger partial charge in [-0.3, -0.25) is 9.55 Å². The van der Waals surface area contributed by atoms with E-state index in [0.29, 0.717) is 6.54 Å². The van der Waals surface area contributed by atoms with Crippen LogP contribution in [-0.2, 0) is 26.6 Å². The van der Waals surface area contributed by atoms with Crippen LogP contribution in [0, 0.1) is 0 Å². The molecule has 126 valence electrons. The van der Waals surface area contributed by atoms with Crippen LogP contribution in [0.1, 0.15) is 25.1 Å². The number of hydrogen-bond acceptors (Lipinski definition) is 5. The van der Waals surface area contributed by atoms with E-state index in [1.165, 1.54) is 0 Å². The van der Waals surface area contributed by atoms with Gasteiger partial charge in [0.05, 0.1) is 17.2 Å². The van der Waals surface area contributed by atoms with Gasteiger partial charge >= 0.3 is 5.69 Å². The first-order valence-corrected chi connectivity index (χ1v) is 8.41. The number of pyridine rings is 1. The summed E-state index contributed by atoms with van der Waals surface area (Å²) in [4.78, 5) is 20.9. The van der Waals surface area contributed by atoms with Gasteiger partial charge in [-0.2, -0.15) is 5.10 Å². The van der Waals surface area contributed by atoms with Gasteiger partial charge in [-0.25, -0.2) is 14.5 Å². The normalized spacial score (nSPS) is 14.0. The Balaban J connectivity index is 1.38. The molecule has 0 bridgehead atoms. The fourth-order valence-corrected chi connectivity index (χ4v) is 3.22. The highest BCUT2D eigenvalue weighted by Crippen LogP contribution is 2.16. The van der Waals surface area contributed by atoms with Crippen LogP contribution < -0.4 is 11.0 Å². The van der Waals surface area contributed by atoms with Crippen molar-refractivity contribution in [3.63, 3.8) is 0 Å². The third kappa shape index (κ3) is 2.57. The topological polar surface area (TPSA) is 82.6 Å². The van der Waals surface area contributed by atoms with Crippen molar-refractivity contribution in [1.29, 1.82) is 0 Å². The van der Waals surface area contributed by atoms with Crippen molar-refractivity contribution in [2.75, 3.05) is 11.9 Å². The highest BCUT2D eigenvalue weighted by Gasteiger charge is 2.16. The van der Waals surface area contributed by atoms with Gasteiger partial charge in [-0.1, -0.05) is 0 Å². The van der Waals surface area contributed by atoms with Crippen LogP contribution in [0.25, 0.3) is 11.0 Å². The van der Waals surface area contributed by atoms with E-state index in [0.717, 1.165) is 61.6 Å². The lowest BCUT2D eigenvalue weighted by molar-refractivity contribution is 0.510. The van der Waals surface area contributed by atoms with Crippen molar-refractivity contribution in [1.82, 2.24) is 28.9 Å². The Labute approximate surface area is 139 Å². The molecule has 0 saturated carbocycles. The maximum absolute atomic E-state index is 12.3. The summed E-state index contributed by atoms with van der Waals surface area (Å²) >= 11 is 0. The number of fused-ring (bicyclic) bond motifs is 2. The van der Waals surface area contributed by atoms with E-state index < -0.39 is 0 Å². The lowest BCUT2D eigenvalue weighted by Crippen LogP contribution is -2.27. The summed E-state index contributed by atoms with van der Waals surface area (Å²) in [6, 6.07) is 1.90. The van der Waals surface area contributed by atoms with E-state index in [1.54, 1.807) is 10.9 Å². The smallest absolute Gasteiger partial charge is 0.345 e. The Bertz CT molecular complexity index is 920.